The van der Waals surface area contributed by atoms with Crippen molar-refractivity contribution in [2.45, 2.75) is 98.3 Å². The maximum Gasteiger partial charge on any atom is 0.324 e. The molecule has 0 N–H and O–H groups in total. The first-order valence-corrected chi connectivity index (χ1v) is 15.6. The van der Waals surface area contributed by atoms with Gasteiger partial charge in [-0.25, -0.2) is 4.68 Å². The van der Waals surface area contributed by atoms with E-state index in [9.17, 15) is 19.2 Å². The second kappa shape index (κ2) is 13.8. The third-order valence-corrected chi connectivity index (χ3v) is 7.29. The molecule has 0 aliphatic heterocycles. The van der Waals surface area contributed by atoms with Crippen LogP contribution in [0.15, 0.2) is 57.9 Å². The van der Waals surface area contributed by atoms with Gasteiger partial charge in [-0.3, -0.25) is 19.2 Å². The molecule has 0 atom stereocenters. The summed E-state index contributed by atoms with van der Waals surface area (Å²) in [6, 6.07) is 11.9. The van der Waals surface area contributed by atoms with Gasteiger partial charge in [0.25, 0.3) is 5.56 Å². The summed E-state index contributed by atoms with van der Waals surface area (Å²) in [7, 11) is 0. The molecule has 0 aliphatic carbocycles. The number of hydrogen-bond acceptors (Lipinski definition) is 10. The average Bonchev–Trinajstić information content (AvgIpc) is 3.40. The zero-order chi connectivity index (χ0) is 33.7. The summed E-state index contributed by atoms with van der Waals surface area (Å²) in [4.78, 5) is 55.4. The van der Waals surface area contributed by atoms with Crippen molar-refractivity contribution >= 4 is 39.6 Å². The van der Waals surface area contributed by atoms with Crippen LogP contribution in [0.1, 0.15) is 90.9 Å². The van der Waals surface area contributed by atoms with Crippen molar-refractivity contribution in [3.8, 4) is 5.75 Å². The number of hydrogen-bond donors (Lipinski definition) is 0. The average molecular weight is 634 g/mol. The summed E-state index contributed by atoms with van der Waals surface area (Å²) < 4.78 is 24.1. The molecule has 0 aliphatic rings. The number of carbonyl (C=O) groups is 3. The van der Waals surface area contributed by atoms with Crippen molar-refractivity contribution in [3.63, 3.8) is 0 Å². The minimum Gasteiger partial charge on any atom is -0.493 e. The number of unbranched alkanes of at least 4 members (excludes halogenated alkanes) is 2. The molecular formula is C35H43N3O8. The Bertz CT molecular complexity index is 1750. The van der Waals surface area contributed by atoms with Gasteiger partial charge in [0, 0.05) is 24.4 Å². The maximum atomic E-state index is 14.1. The second-order valence-corrected chi connectivity index (χ2v) is 13.4. The molecule has 46 heavy (non-hydrogen) atoms. The van der Waals surface area contributed by atoms with Crippen molar-refractivity contribution in [2.75, 3.05) is 6.61 Å². The summed E-state index contributed by atoms with van der Waals surface area (Å²) in [5.41, 5.74) is -3.55. The van der Waals surface area contributed by atoms with Gasteiger partial charge in [-0.15, -0.1) is 5.10 Å². The molecule has 11 nitrogen and oxygen atoms in total. The van der Waals surface area contributed by atoms with Gasteiger partial charge in [0.2, 0.25) is 0 Å². The number of ether oxygens (including phenoxy) is 3. The molecule has 0 radical (unpaired) electrons. The van der Waals surface area contributed by atoms with Crippen LogP contribution in [0.2, 0.25) is 0 Å². The van der Waals surface area contributed by atoms with Gasteiger partial charge in [0.05, 0.1) is 17.6 Å². The van der Waals surface area contributed by atoms with Crippen LogP contribution in [-0.2, 0) is 25.6 Å². The summed E-state index contributed by atoms with van der Waals surface area (Å²) in [5, 5.41) is 8.97. The van der Waals surface area contributed by atoms with Gasteiger partial charge >= 0.3 is 11.9 Å². The molecule has 2 aromatic heterocycles. The molecule has 0 unspecified atom stereocenters. The van der Waals surface area contributed by atoms with E-state index in [0.717, 1.165) is 23.9 Å². The third kappa shape index (κ3) is 8.18. The molecule has 0 bridgehead atoms. The van der Waals surface area contributed by atoms with E-state index in [4.69, 9.17) is 18.6 Å². The molecule has 2 heterocycles. The molecule has 0 amide bonds. The van der Waals surface area contributed by atoms with E-state index >= 15 is 0 Å². The summed E-state index contributed by atoms with van der Waals surface area (Å²) in [5.74, 6) is -1.82. The topological polar surface area (TPSA) is 140 Å². The molecule has 0 fully saturated rings. The minimum absolute atomic E-state index is 0.187. The Hall–Kier alpha value is -4.54. The number of esters is 2. The second-order valence-electron chi connectivity index (χ2n) is 13.4. The van der Waals surface area contributed by atoms with E-state index in [1.807, 2.05) is 0 Å². The van der Waals surface area contributed by atoms with E-state index in [1.54, 1.807) is 84.0 Å². The molecular weight excluding hydrogens is 590 g/mol. The van der Waals surface area contributed by atoms with Crippen LogP contribution in [-0.4, -0.2) is 50.5 Å². The standard InChI is InChI=1S/C35H43N3O8/c1-8-9-12-19-43-23-15-16-24-26(22-44-29(24)20-23)28(39)21-35(31(41)45-33(2,3)4,32(42)46-34(5,6)7)17-18-38-30(40)25-13-10-11-14-27(25)36-37-38/h10-11,13-16,20,22H,8-9,12,17-19,21H2,1-7H3. The fourth-order valence-electron chi connectivity index (χ4n) is 4.96. The van der Waals surface area contributed by atoms with E-state index in [0.29, 0.717) is 34.2 Å². The molecule has 11 heteroatoms. The molecule has 0 saturated carbocycles. The number of aromatic nitrogens is 3. The molecule has 4 aromatic rings. The third-order valence-electron chi connectivity index (χ3n) is 7.29. The SMILES string of the molecule is CCCCCOc1ccc2c(C(=O)CC(CCn3nnc4ccccc4c3=O)(C(=O)OC(C)(C)C)C(=O)OC(C)(C)C)coc2c1. The van der Waals surface area contributed by atoms with Crippen molar-refractivity contribution in [1.82, 2.24) is 15.0 Å². The highest BCUT2D eigenvalue weighted by Crippen LogP contribution is 2.37. The lowest BCUT2D eigenvalue weighted by Gasteiger charge is -2.34. The Balaban J connectivity index is 1.73. The van der Waals surface area contributed by atoms with Crippen molar-refractivity contribution < 1.29 is 33.0 Å². The number of carbonyl (C=O) groups excluding carboxylic acids is 3. The van der Waals surface area contributed by atoms with E-state index in [-0.39, 0.29) is 18.5 Å². The molecule has 4 rings (SSSR count). The number of furan rings is 1. The van der Waals surface area contributed by atoms with Crippen LogP contribution in [0.5, 0.6) is 5.75 Å². The highest BCUT2D eigenvalue weighted by Gasteiger charge is 2.52. The molecule has 0 saturated heterocycles. The van der Waals surface area contributed by atoms with E-state index in [2.05, 4.69) is 17.2 Å². The molecule has 246 valence electrons. The predicted octanol–water partition coefficient (Wildman–Crippen LogP) is 6.44. The van der Waals surface area contributed by atoms with Crippen LogP contribution in [0.25, 0.3) is 21.9 Å². The number of Topliss-reactive ketones (excluding diaryl/α,β-unsaturated/α-hetero) is 1. The summed E-state index contributed by atoms with van der Waals surface area (Å²) >= 11 is 0. The van der Waals surface area contributed by atoms with Crippen LogP contribution in [0, 0.1) is 5.41 Å². The Kier molecular flexibility index (Phi) is 10.3. The van der Waals surface area contributed by atoms with Gasteiger partial charge in [0.15, 0.2) is 11.2 Å². The number of aryl methyl sites for hydroxylation is 1. The smallest absolute Gasteiger partial charge is 0.324 e. The molecule has 0 spiro atoms. The number of nitrogens with zero attached hydrogens (tertiary/aromatic N) is 3. The Morgan fingerprint density at radius 1 is 0.891 bits per heavy atom. The van der Waals surface area contributed by atoms with Gasteiger partial charge < -0.3 is 18.6 Å². The van der Waals surface area contributed by atoms with Crippen LogP contribution >= 0.6 is 0 Å². The zero-order valence-electron chi connectivity index (χ0n) is 27.7. The van der Waals surface area contributed by atoms with Gasteiger partial charge in [-0.05, 0) is 78.6 Å². The number of ketones is 1. The van der Waals surface area contributed by atoms with Gasteiger partial charge in [-0.1, -0.05) is 37.1 Å². The summed E-state index contributed by atoms with van der Waals surface area (Å²) in [6.07, 6.45) is 3.44. The fourth-order valence-corrected chi connectivity index (χ4v) is 4.96. The number of fused-ring (bicyclic) bond motifs is 2. The lowest BCUT2D eigenvalue weighted by atomic mass is 9.78. The van der Waals surface area contributed by atoms with Crippen LogP contribution < -0.4 is 10.3 Å². The van der Waals surface area contributed by atoms with Crippen molar-refractivity contribution in [2.24, 2.45) is 5.41 Å². The first-order chi connectivity index (χ1) is 21.6. The lowest BCUT2D eigenvalue weighted by Crippen LogP contribution is -2.49. The van der Waals surface area contributed by atoms with Crippen LogP contribution in [0.4, 0.5) is 0 Å². The predicted molar refractivity (Wildman–Crippen MR) is 173 cm³/mol. The number of rotatable bonds is 13. The fraction of sp³-hybridized carbons (Fsp3) is 0.486. The number of benzene rings is 2. The Morgan fingerprint density at radius 2 is 1.57 bits per heavy atom. The normalized spacial score (nSPS) is 12.3. The maximum absolute atomic E-state index is 14.1. The Labute approximate surface area is 268 Å². The first-order valence-electron chi connectivity index (χ1n) is 15.6. The molecule has 2 aromatic carbocycles. The van der Waals surface area contributed by atoms with Crippen molar-refractivity contribution in [1.29, 1.82) is 0 Å². The first kappa shape index (κ1) is 34.3. The summed E-state index contributed by atoms with van der Waals surface area (Å²) in [6.45, 7) is 12.4. The van der Waals surface area contributed by atoms with Gasteiger partial charge in [-0.2, -0.15) is 0 Å². The largest absolute Gasteiger partial charge is 0.493 e. The zero-order valence-corrected chi connectivity index (χ0v) is 27.7. The van der Waals surface area contributed by atoms with E-state index in [1.165, 1.54) is 6.26 Å². The van der Waals surface area contributed by atoms with Crippen LogP contribution in [0.3, 0.4) is 0 Å². The van der Waals surface area contributed by atoms with E-state index < -0.39 is 46.3 Å². The monoisotopic (exact) mass is 633 g/mol. The lowest BCUT2D eigenvalue weighted by molar-refractivity contribution is -0.186. The highest BCUT2D eigenvalue weighted by atomic mass is 16.6. The van der Waals surface area contributed by atoms with Crippen molar-refractivity contribution in [3.05, 3.63) is 64.6 Å². The highest BCUT2D eigenvalue weighted by molar-refractivity contribution is 6.12. The quantitative estimate of drug-likeness (QED) is 0.0699. The Morgan fingerprint density at radius 3 is 2.22 bits per heavy atom. The van der Waals surface area contributed by atoms with Gasteiger partial charge in [0.1, 0.15) is 34.3 Å². The minimum atomic E-state index is -2.13.